The van der Waals surface area contributed by atoms with Crippen LogP contribution < -0.4 is 5.73 Å². The summed E-state index contributed by atoms with van der Waals surface area (Å²) in [5.74, 6) is -1.14. The zero-order valence-corrected chi connectivity index (χ0v) is 8.59. The summed E-state index contributed by atoms with van der Waals surface area (Å²) in [6.07, 6.45) is 3.05. The maximum atomic E-state index is 13.8. The van der Waals surface area contributed by atoms with Crippen molar-refractivity contribution in [3.8, 4) is 0 Å². The molecule has 0 bridgehead atoms. The molecule has 1 fully saturated rings. The van der Waals surface area contributed by atoms with Crippen LogP contribution in [-0.4, -0.2) is 6.54 Å². The number of furan rings is 1. The van der Waals surface area contributed by atoms with Gasteiger partial charge < -0.3 is 10.2 Å². The Balaban J connectivity index is 2.35. The Morgan fingerprint density at radius 2 is 2.06 bits per heavy atom. The summed E-state index contributed by atoms with van der Waals surface area (Å²) in [6, 6.07) is 2.43. The Labute approximate surface area is 91.0 Å². The highest BCUT2D eigenvalue weighted by molar-refractivity contribution is 5.82. The van der Waals surface area contributed by atoms with Gasteiger partial charge in [0.2, 0.25) is 0 Å². The Kier molecular flexibility index (Phi) is 1.86. The van der Waals surface area contributed by atoms with Crippen molar-refractivity contribution < 1.29 is 13.2 Å². The van der Waals surface area contributed by atoms with Crippen molar-refractivity contribution in [2.75, 3.05) is 6.54 Å². The molecule has 1 aliphatic rings. The molecule has 0 spiro atoms. The highest BCUT2D eigenvalue weighted by Gasteiger charge is 2.47. The third kappa shape index (κ3) is 1.13. The topological polar surface area (TPSA) is 39.2 Å². The minimum absolute atomic E-state index is 0.306. The fourth-order valence-corrected chi connectivity index (χ4v) is 2.26. The van der Waals surface area contributed by atoms with Crippen LogP contribution in [0.2, 0.25) is 0 Å². The number of halogens is 2. The molecule has 0 atom stereocenters. The summed E-state index contributed by atoms with van der Waals surface area (Å²) in [5.41, 5.74) is 6.07. The van der Waals surface area contributed by atoms with Gasteiger partial charge in [0, 0.05) is 23.6 Å². The van der Waals surface area contributed by atoms with Crippen molar-refractivity contribution in [2.45, 2.75) is 18.3 Å². The van der Waals surface area contributed by atoms with E-state index in [0.29, 0.717) is 23.1 Å². The molecule has 1 aromatic heterocycles. The Hall–Kier alpha value is -1.42. The fourth-order valence-electron chi connectivity index (χ4n) is 2.26. The van der Waals surface area contributed by atoms with Crippen LogP contribution in [0.25, 0.3) is 11.0 Å². The number of fused-ring (bicyclic) bond motifs is 1. The van der Waals surface area contributed by atoms with E-state index < -0.39 is 11.6 Å². The summed E-state index contributed by atoms with van der Waals surface area (Å²) in [6.45, 7) is 0.366. The van der Waals surface area contributed by atoms with Gasteiger partial charge in [0.1, 0.15) is 17.2 Å². The lowest BCUT2D eigenvalue weighted by Crippen LogP contribution is -2.21. The second-order valence-electron chi connectivity index (χ2n) is 4.36. The molecule has 0 saturated heterocycles. The molecule has 1 aromatic carbocycles. The molecule has 2 N–H and O–H groups in total. The summed E-state index contributed by atoms with van der Waals surface area (Å²) in [7, 11) is 0. The highest BCUT2D eigenvalue weighted by atomic mass is 19.1. The van der Waals surface area contributed by atoms with Crippen LogP contribution in [0.1, 0.15) is 18.4 Å². The van der Waals surface area contributed by atoms with Gasteiger partial charge in [0.25, 0.3) is 0 Å². The first-order chi connectivity index (χ1) is 7.68. The monoisotopic (exact) mass is 223 g/mol. The molecule has 2 aromatic rings. The van der Waals surface area contributed by atoms with Crippen LogP contribution in [-0.2, 0) is 5.41 Å². The average molecular weight is 223 g/mol. The van der Waals surface area contributed by atoms with E-state index in [1.165, 1.54) is 12.3 Å². The van der Waals surface area contributed by atoms with E-state index in [0.717, 1.165) is 18.9 Å². The van der Waals surface area contributed by atoms with E-state index >= 15 is 0 Å². The van der Waals surface area contributed by atoms with Crippen molar-refractivity contribution in [3.05, 3.63) is 35.6 Å². The molecule has 4 heteroatoms. The van der Waals surface area contributed by atoms with E-state index in [4.69, 9.17) is 10.2 Å². The molecule has 0 aliphatic heterocycles. The van der Waals surface area contributed by atoms with E-state index in [9.17, 15) is 8.78 Å². The second-order valence-corrected chi connectivity index (χ2v) is 4.36. The lowest BCUT2D eigenvalue weighted by atomic mass is 9.94. The first-order valence-electron chi connectivity index (χ1n) is 5.24. The summed E-state index contributed by atoms with van der Waals surface area (Å²) >= 11 is 0. The number of rotatable bonds is 2. The zero-order valence-electron chi connectivity index (χ0n) is 8.59. The molecule has 0 amide bonds. The van der Waals surface area contributed by atoms with Crippen LogP contribution in [0, 0.1) is 11.6 Å². The maximum absolute atomic E-state index is 13.8. The van der Waals surface area contributed by atoms with Gasteiger partial charge in [-0.15, -0.1) is 0 Å². The standard InChI is InChI=1S/C12H11F2NO/c13-8-5-9(14)10(12(6-15)2-3-12)11-7(8)1-4-16-11/h1,4-5H,2-3,6,15H2. The Morgan fingerprint density at radius 1 is 1.31 bits per heavy atom. The molecule has 0 unspecified atom stereocenters. The van der Waals surface area contributed by atoms with Crippen LogP contribution >= 0.6 is 0 Å². The molecule has 1 aliphatic carbocycles. The van der Waals surface area contributed by atoms with Crippen LogP contribution in [0.4, 0.5) is 8.78 Å². The van der Waals surface area contributed by atoms with Crippen molar-refractivity contribution in [1.82, 2.24) is 0 Å². The van der Waals surface area contributed by atoms with E-state index in [2.05, 4.69) is 0 Å². The van der Waals surface area contributed by atoms with E-state index in [1.54, 1.807) is 0 Å². The molecule has 1 saturated carbocycles. The Morgan fingerprint density at radius 3 is 2.69 bits per heavy atom. The van der Waals surface area contributed by atoms with Gasteiger partial charge >= 0.3 is 0 Å². The first-order valence-corrected chi connectivity index (χ1v) is 5.24. The summed E-state index contributed by atoms with van der Waals surface area (Å²) < 4.78 is 32.5. The SMILES string of the molecule is NCC1(c2c(F)cc(F)c3ccoc23)CC1. The molecular formula is C12H11F2NO. The van der Waals surface area contributed by atoms with Gasteiger partial charge in [-0.1, -0.05) is 0 Å². The van der Waals surface area contributed by atoms with Crippen molar-refractivity contribution in [1.29, 1.82) is 0 Å². The van der Waals surface area contributed by atoms with Gasteiger partial charge in [-0.05, 0) is 18.9 Å². The number of benzene rings is 1. The summed E-state index contributed by atoms with van der Waals surface area (Å²) in [5, 5.41) is 0.330. The Bertz CT molecular complexity index is 557. The lowest BCUT2D eigenvalue weighted by molar-refractivity contribution is 0.537. The number of nitrogens with two attached hydrogens (primary N) is 1. The lowest BCUT2D eigenvalue weighted by Gasteiger charge is -2.14. The van der Waals surface area contributed by atoms with Gasteiger partial charge in [-0.3, -0.25) is 0 Å². The predicted octanol–water partition coefficient (Wildman–Crippen LogP) is 2.70. The maximum Gasteiger partial charge on any atom is 0.143 e. The molecule has 2 nitrogen and oxygen atoms in total. The van der Waals surface area contributed by atoms with Gasteiger partial charge in [0.05, 0.1) is 11.6 Å². The van der Waals surface area contributed by atoms with E-state index in [1.807, 2.05) is 0 Å². The predicted molar refractivity (Wildman–Crippen MR) is 56.1 cm³/mol. The van der Waals surface area contributed by atoms with Gasteiger partial charge in [-0.25, -0.2) is 8.78 Å². The normalized spacial score (nSPS) is 17.9. The largest absolute Gasteiger partial charge is 0.464 e. The number of hydrogen-bond donors (Lipinski definition) is 1. The smallest absolute Gasteiger partial charge is 0.143 e. The second kappa shape index (κ2) is 3.04. The zero-order chi connectivity index (χ0) is 11.3. The third-order valence-electron chi connectivity index (χ3n) is 3.42. The van der Waals surface area contributed by atoms with Crippen molar-refractivity contribution in [2.24, 2.45) is 5.73 Å². The van der Waals surface area contributed by atoms with E-state index in [-0.39, 0.29) is 5.41 Å². The van der Waals surface area contributed by atoms with Crippen LogP contribution in [0.3, 0.4) is 0 Å². The molecule has 16 heavy (non-hydrogen) atoms. The molecular weight excluding hydrogens is 212 g/mol. The minimum Gasteiger partial charge on any atom is -0.464 e. The van der Waals surface area contributed by atoms with Crippen LogP contribution in [0.15, 0.2) is 22.8 Å². The highest BCUT2D eigenvalue weighted by Crippen LogP contribution is 2.50. The third-order valence-corrected chi connectivity index (χ3v) is 3.42. The molecule has 1 heterocycles. The molecule has 3 rings (SSSR count). The molecule has 84 valence electrons. The van der Waals surface area contributed by atoms with Crippen LogP contribution in [0.5, 0.6) is 0 Å². The molecule has 0 radical (unpaired) electrons. The summed E-state index contributed by atoms with van der Waals surface area (Å²) in [4.78, 5) is 0. The first kappa shape index (κ1) is 9.78. The van der Waals surface area contributed by atoms with Crippen molar-refractivity contribution in [3.63, 3.8) is 0 Å². The van der Waals surface area contributed by atoms with Gasteiger partial charge in [0.15, 0.2) is 0 Å². The number of hydrogen-bond acceptors (Lipinski definition) is 2. The van der Waals surface area contributed by atoms with Crippen molar-refractivity contribution >= 4 is 11.0 Å². The quantitative estimate of drug-likeness (QED) is 0.850. The minimum atomic E-state index is -0.585. The fraction of sp³-hybridized carbons (Fsp3) is 0.333. The average Bonchev–Trinajstić information content (AvgIpc) is 2.87. The van der Waals surface area contributed by atoms with Gasteiger partial charge in [-0.2, -0.15) is 0 Å².